The summed E-state index contributed by atoms with van der Waals surface area (Å²) in [4.78, 5) is 40.2. The van der Waals surface area contributed by atoms with Gasteiger partial charge in [0.2, 0.25) is 0 Å². The first-order valence-corrected chi connectivity index (χ1v) is 9.14. The standard InChI is InChI=1S/C19H13BrF3N3O4/c20-12-7-14-15(26-18(29)25-14)8-13(12)24-16(27)9-30-17(28)6-3-10-1-4-11(5-2-10)19(21,22)23/h1-8H,9H2,(H,24,27)(H2,25,26,29). The van der Waals surface area contributed by atoms with Gasteiger partial charge in [0.25, 0.3) is 5.91 Å². The number of hydrogen-bond acceptors (Lipinski definition) is 4. The van der Waals surface area contributed by atoms with Crippen LogP contribution in [0.1, 0.15) is 11.1 Å². The van der Waals surface area contributed by atoms with E-state index < -0.39 is 35.9 Å². The fourth-order valence-electron chi connectivity index (χ4n) is 2.47. The van der Waals surface area contributed by atoms with Crippen molar-refractivity contribution in [2.75, 3.05) is 11.9 Å². The van der Waals surface area contributed by atoms with Gasteiger partial charge in [0.1, 0.15) is 0 Å². The summed E-state index contributed by atoms with van der Waals surface area (Å²) in [5.41, 5.74) is 0.557. The molecule has 0 aliphatic rings. The molecule has 1 amide bonds. The van der Waals surface area contributed by atoms with Crippen molar-refractivity contribution < 1.29 is 27.5 Å². The first-order valence-electron chi connectivity index (χ1n) is 8.35. The Labute approximate surface area is 175 Å². The molecule has 7 nitrogen and oxygen atoms in total. The largest absolute Gasteiger partial charge is 0.452 e. The number of carbonyl (C=O) groups is 2. The molecule has 0 unspecified atom stereocenters. The van der Waals surface area contributed by atoms with Crippen molar-refractivity contribution in [1.29, 1.82) is 0 Å². The van der Waals surface area contributed by atoms with Crippen LogP contribution in [0.5, 0.6) is 0 Å². The van der Waals surface area contributed by atoms with Crippen LogP contribution in [-0.2, 0) is 20.5 Å². The molecule has 3 aromatic rings. The SMILES string of the molecule is O=C(COC(=O)C=Cc1ccc(C(F)(F)F)cc1)Nc1cc2[nH]c(=O)[nH]c2cc1Br. The number of aromatic amines is 2. The van der Waals surface area contributed by atoms with Crippen LogP contribution in [0, 0.1) is 0 Å². The van der Waals surface area contributed by atoms with E-state index in [0.29, 0.717) is 26.8 Å². The number of halogens is 4. The molecule has 0 spiro atoms. The predicted molar refractivity (Wildman–Crippen MR) is 107 cm³/mol. The molecular weight excluding hydrogens is 471 g/mol. The number of aromatic nitrogens is 2. The normalized spacial score (nSPS) is 11.7. The van der Waals surface area contributed by atoms with Crippen molar-refractivity contribution in [2.24, 2.45) is 0 Å². The maximum Gasteiger partial charge on any atom is 0.416 e. The van der Waals surface area contributed by atoms with Crippen molar-refractivity contribution in [2.45, 2.75) is 6.18 Å². The predicted octanol–water partition coefficient (Wildman–Crippen LogP) is 3.83. The molecule has 30 heavy (non-hydrogen) atoms. The number of anilines is 1. The van der Waals surface area contributed by atoms with E-state index in [0.717, 1.165) is 18.2 Å². The highest BCUT2D eigenvalue weighted by atomic mass is 79.9. The lowest BCUT2D eigenvalue weighted by Crippen LogP contribution is -2.20. The molecule has 0 saturated heterocycles. The highest BCUT2D eigenvalue weighted by molar-refractivity contribution is 9.10. The average molecular weight is 484 g/mol. The fraction of sp³-hybridized carbons (Fsp3) is 0.105. The van der Waals surface area contributed by atoms with Crippen LogP contribution in [0.25, 0.3) is 17.1 Å². The van der Waals surface area contributed by atoms with Crippen molar-refractivity contribution in [3.8, 4) is 0 Å². The number of esters is 1. The summed E-state index contributed by atoms with van der Waals surface area (Å²) in [6.45, 7) is -0.579. The molecule has 1 heterocycles. The van der Waals surface area contributed by atoms with E-state index in [-0.39, 0.29) is 0 Å². The minimum Gasteiger partial charge on any atom is -0.452 e. The molecule has 0 atom stereocenters. The number of fused-ring (bicyclic) bond motifs is 1. The number of amides is 1. The van der Waals surface area contributed by atoms with Gasteiger partial charge in [-0.1, -0.05) is 12.1 Å². The van der Waals surface area contributed by atoms with Gasteiger partial charge in [-0.25, -0.2) is 9.59 Å². The molecule has 0 aliphatic carbocycles. The smallest absolute Gasteiger partial charge is 0.416 e. The van der Waals surface area contributed by atoms with E-state index in [1.165, 1.54) is 24.3 Å². The Morgan fingerprint density at radius 3 is 2.37 bits per heavy atom. The van der Waals surface area contributed by atoms with Gasteiger partial charge in [-0.3, -0.25) is 4.79 Å². The van der Waals surface area contributed by atoms with E-state index >= 15 is 0 Å². The van der Waals surface area contributed by atoms with E-state index in [9.17, 15) is 27.6 Å². The number of alkyl halides is 3. The minimum atomic E-state index is -4.44. The Hall–Kier alpha value is -3.34. The van der Waals surface area contributed by atoms with Gasteiger partial charge in [0.05, 0.1) is 22.3 Å². The van der Waals surface area contributed by atoms with Gasteiger partial charge in [-0.2, -0.15) is 13.2 Å². The highest BCUT2D eigenvalue weighted by Gasteiger charge is 2.29. The third-order valence-electron chi connectivity index (χ3n) is 3.87. The van der Waals surface area contributed by atoms with Gasteiger partial charge in [0, 0.05) is 10.5 Å². The summed E-state index contributed by atoms with van der Waals surface area (Å²) in [5, 5.41) is 2.53. The lowest BCUT2D eigenvalue weighted by Gasteiger charge is -2.08. The zero-order valence-corrected chi connectivity index (χ0v) is 16.6. The van der Waals surface area contributed by atoms with Crippen molar-refractivity contribution in [3.63, 3.8) is 0 Å². The Morgan fingerprint density at radius 2 is 1.73 bits per heavy atom. The summed E-state index contributed by atoms with van der Waals surface area (Å²) in [5.74, 6) is -1.46. The molecule has 1 aromatic heterocycles. The summed E-state index contributed by atoms with van der Waals surface area (Å²) in [7, 11) is 0. The molecule has 0 radical (unpaired) electrons. The number of rotatable bonds is 5. The number of imidazole rings is 1. The van der Waals surface area contributed by atoms with Crippen LogP contribution in [0.3, 0.4) is 0 Å². The lowest BCUT2D eigenvalue weighted by molar-refractivity contribution is -0.142. The molecule has 2 aromatic carbocycles. The van der Waals surface area contributed by atoms with Gasteiger partial charge in [-0.05, 0) is 51.8 Å². The first-order chi connectivity index (χ1) is 14.1. The minimum absolute atomic E-state index is 0.360. The molecular formula is C19H13BrF3N3O4. The molecule has 11 heteroatoms. The summed E-state index contributed by atoms with van der Waals surface area (Å²) >= 11 is 3.26. The molecule has 156 valence electrons. The molecule has 0 saturated carbocycles. The Kier molecular flexibility index (Phi) is 6.11. The van der Waals surface area contributed by atoms with Gasteiger partial charge >= 0.3 is 17.8 Å². The second kappa shape index (κ2) is 8.57. The van der Waals surface area contributed by atoms with Crippen LogP contribution in [-0.4, -0.2) is 28.5 Å². The summed E-state index contributed by atoms with van der Waals surface area (Å²) in [6.07, 6.45) is -2.17. The monoisotopic (exact) mass is 483 g/mol. The average Bonchev–Trinajstić information content (AvgIpc) is 3.03. The Bertz CT molecular complexity index is 1180. The molecule has 3 N–H and O–H groups in total. The van der Waals surface area contributed by atoms with Crippen molar-refractivity contribution >= 4 is 50.6 Å². The third kappa shape index (κ3) is 5.38. The maximum absolute atomic E-state index is 12.5. The van der Waals surface area contributed by atoms with Gasteiger partial charge in [-0.15, -0.1) is 0 Å². The van der Waals surface area contributed by atoms with Gasteiger partial charge in [0.15, 0.2) is 6.61 Å². The molecule has 0 bridgehead atoms. The zero-order chi connectivity index (χ0) is 21.9. The number of carbonyl (C=O) groups excluding carboxylic acids is 2. The maximum atomic E-state index is 12.5. The Morgan fingerprint density at radius 1 is 1.10 bits per heavy atom. The number of nitrogens with one attached hydrogen (secondary N) is 3. The zero-order valence-electron chi connectivity index (χ0n) is 15.0. The number of ether oxygens (including phenoxy) is 1. The molecule has 3 rings (SSSR count). The van der Waals surface area contributed by atoms with Gasteiger partial charge < -0.3 is 20.0 Å². The fourth-order valence-corrected chi connectivity index (χ4v) is 2.91. The highest BCUT2D eigenvalue weighted by Crippen LogP contribution is 2.29. The van der Waals surface area contributed by atoms with Crippen LogP contribution < -0.4 is 11.0 Å². The van der Waals surface area contributed by atoms with E-state index in [2.05, 4.69) is 31.2 Å². The lowest BCUT2D eigenvalue weighted by atomic mass is 10.1. The van der Waals surface area contributed by atoms with Crippen molar-refractivity contribution in [1.82, 2.24) is 9.97 Å². The van der Waals surface area contributed by atoms with E-state index in [1.54, 1.807) is 6.07 Å². The van der Waals surface area contributed by atoms with Crippen LogP contribution >= 0.6 is 15.9 Å². The quantitative estimate of drug-likeness (QED) is 0.378. The summed E-state index contributed by atoms with van der Waals surface area (Å²) in [6, 6.07) is 7.33. The molecule has 0 fully saturated rings. The third-order valence-corrected chi connectivity index (χ3v) is 4.53. The summed E-state index contributed by atoms with van der Waals surface area (Å²) < 4.78 is 42.9. The number of H-pyrrole nitrogens is 2. The topological polar surface area (TPSA) is 104 Å². The second-order valence-electron chi connectivity index (χ2n) is 6.07. The molecule has 0 aliphatic heterocycles. The number of benzene rings is 2. The van der Waals surface area contributed by atoms with Crippen molar-refractivity contribution in [3.05, 3.63) is 68.6 Å². The van der Waals surface area contributed by atoms with Crippen LogP contribution in [0.4, 0.5) is 18.9 Å². The number of hydrogen-bond donors (Lipinski definition) is 3. The van der Waals surface area contributed by atoms with Crippen LogP contribution in [0.2, 0.25) is 0 Å². The Balaban J connectivity index is 1.54. The second-order valence-corrected chi connectivity index (χ2v) is 6.92. The first kappa shape index (κ1) is 21.4. The van der Waals surface area contributed by atoms with Crippen LogP contribution in [0.15, 0.2) is 51.7 Å². The van der Waals surface area contributed by atoms with E-state index in [4.69, 9.17) is 4.74 Å². The van der Waals surface area contributed by atoms with E-state index in [1.807, 2.05) is 0 Å².